The van der Waals surface area contributed by atoms with E-state index in [0.29, 0.717) is 10.5 Å². The molecule has 0 saturated carbocycles. The maximum absolute atomic E-state index is 12.4. The first-order valence-corrected chi connectivity index (χ1v) is 6.39. The number of nitrogens with zero attached hydrogens (tertiary/aromatic N) is 1. The Kier molecular flexibility index (Phi) is 2.83. The summed E-state index contributed by atoms with van der Waals surface area (Å²) in [6.45, 7) is 1.83. The fraction of sp³-hybridized carbons (Fsp3) is 0.0625. The van der Waals surface area contributed by atoms with Crippen LogP contribution in [0.25, 0.3) is 0 Å². The Labute approximate surface area is 121 Å². The number of hydrogen-bond donors (Lipinski definition) is 1. The van der Waals surface area contributed by atoms with Crippen LogP contribution in [0.2, 0.25) is 0 Å². The molecule has 1 aliphatic rings. The Morgan fingerprint density at radius 1 is 1.05 bits per heavy atom. The number of rotatable bonds is 1. The summed E-state index contributed by atoms with van der Waals surface area (Å²) in [4.78, 5) is 37.7. The minimum absolute atomic E-state index is 0.100. The predicted molar refractivity (Wildman–Crippen MR) is 76.9 cm³/mol. The van der Waals surface area contributed by atoms with E-state index >= 15 is 0 Å². The van der Waals surface area contributed by atoms with Gasteiger partial charge in [0.05, 0.1) is 11.1 Å². The van der Waals surface area contributed by atoms with Crippen LogP contribution in [0.4, 0.5) is 5.69 Å². The summed E-state index contributed by atoms with van der Waals surface area (Å²) < 4.78 is 0. The zero-order chi connectivity index (χ0) is 15.1. The minimum Gasteiger partial charge on any atom is -0.398 e. The summed E-state index contributed by atoms with van der Waals surface area (Å²) in [5.74, 6) is -1.93. The average molecular weight is 280 g/mol. The van der Waals surface area contributed by atoms with Crippen LogP contribution in [0.15, 0.2) is 42.5 Å². The monoisotopic (exact) mass is 280 g/mol. The van der Waals surface area contributed by atoms with Crippen LogP contribution in [-0.4, -0.2) is 22.6 Å². The molecule has 0 spiro atoms. The van der Waals surface area contributed by atoms with Gasteiger partial charge in [-0.1, -0.05) is 23.8 Å². The summed E-state index contributed by atoms with van der Waals surface area (Å²) in [5, 5.41) is 0. The van der Waals surface area contributed by atoms with Crippen LogP contribution < -0.4 is 5.73 Å². The summed E-state index contributed by atoms with van der Waals surface area (Å²) in [6.07, 6.45) is 0. The number of imide groups is 3. The van der Waals surface area contributed by atoms with E-state index in [9.17, 15) is 14.4 Å². The number of carbonyl (C=O) groups is 3. The van der Waals surface area contributed by atoms with Crippen molar-refractivity contribution in [1.82, 2.24) is 4.90 Å². The third-order valence-corrected chi connectivity index (χ3v) is 3.42. The summed E-state index contributed by atoms with van der Waals surface area (Å²) in [6, 6.07) is 11.4. The smallest absolute Gasteiger partial charge is 0.270 e. The first kappa shape index (κ1) is 13.1. The molecule has 21 heavy (non-hydrogen) atoms. The second kappa shape index (κ2) is 4.56. The standard InChI is InChI=1S/C16H12N2O3/c1-9-4-2-5-10(8-9)14(19)18-15(20)11-6-3-7-12(17)13(11)16(18)21/h2-8H,17H2,1H3. The Hall–Kier alpha value is -2.95. The van der Waals surface area contributed by atoms with E-state index in [1.54, 1.807) is 24.3 Å². The Morgan fingerprint density at radius 3 is 2.43 bits per heavy atom. The van der Waals surface area contributed by atoms with Crippen LogP contribution >= 0.6 is 0 Å². The highest BCUT2D eigenvalue weighted by molar-refractivity contribution is 6.32. The van der Waals surface area contributed by atoms with Gasteiger partial charge in [-0.2, -0.15) is 0 Å². The van der Waals surface area contributed by atoms with Gasteiger partial charge in [-0.05, 0) is 31.2 Å². The average Bonchev–Trinajstić information content (AvgIpc) is 2.71. The van der Waals surface area contributed by atoms with Crippen LogP contribution in [0, 0.1) is 6.92 Å². The van der Waals surface area contributed by atoms with Gasteiger partial charge in [0.25, 0.3) is 17.7 Å². The molecule has 2 N–H and O–H groups in total. The van der Waals surface area contributed by atoms with Gasteiger partial charge in [-0.3, -0.25) is 14.4 Å². The number of aryl methyl sites for hydroxylation is 1. The van der Waals surface area contributed by atoms with Gasteiger partial charge < -0.3 is 5.73 Å². The maximum Gasteiger partial charge on any atom is 0.270 e. The van der Waals surface area contributed by atoms with Gasteiger partial charge in [0.1, 0.15) is 0 Å². The molecule has 5 nitrogen and oxygen atoms in total. The SMILES string of the molecule is Cc1cccc(C(=O)N2C(=O)c3cccc(N)c3C2=O)c1. The van der Waals surface area contributed by atoms with Crippen molar-refractivity contribution in [3.8, 4) is 0 Å². The highest BCUT2D eigenvalue weighted by atomic mass is 16.2. The van der Waals surface area contributed by atoms with Gasteiger partial charge in [0.2, 0.25) is 0 Å². The topological polar surface area (TPSA) is 80.5 Å². The van der Waals surface area contributed by atoms with Crippen molar-refractivity contribution in [2.24, 2.45) is 0 Å². The number of carbonyl (C=O) groups excluding carboxylic acids is 3. The maximum atomic E-state index is 12.4. The number of hydrogen-bond acceptors (Lipinski definition) is 4. The fourth-order valence-electron chi connectivity index (χ4n) is 2.40. The molecule has 2 aromatic carbocycles. The molecule has 5 heteroatoms. The van der Waals surface area contributed by atoms with E-state index in [1.165, 1.54) is 12.1 Å². The van der Waals surface area contributed by atoms with E-state index in [1.807, 2.05) is 13.0 Å². The Bertz CT molecular complexity index is 796. The van der Waals surface area contributed by atoms with Crippen LogP contribution in [-0.2, 0) is 0 Å². The van der Waals surface area contributed by atoms with Crippen molar-refractivity contribution in [3.63, 3.8) is 0 Å². The third kappa shape index (κ3) is 1.90. The fourth-order valence-corrected chi connectivity index (χ4v) is 2.40. The van der Waals surface area contributed by atoms with Gasteiger partial charge in [-0.25, -0.2) is 4.90 Å². The lowest BCUT2D eigenvalue weighted by molar-refractivity contribution is 0.0566. The minimum atomic E-state index is -0.667. The third-order valence-electron chi connectivity index (χ3n) is 3.42. The molecule has 0 atom stereocenters. The lowest BCUT2D eigenvalue weighted by atomic mass is 10.1. The van der Waals surface area contributed by atoms with E-state index < -0.39 is 17.7 Å². The molecular formula is C16H12N2O3. The van der Waals surface area contributed by atoms with Gasteiger partial charge in [0, 0.05) is 11.3 Å². The molecule has 104 valence electrons. The molecule has 1 aliphatic heterocycles. The van der Waals surface area contributed by atoms with Crippen molar-refractivity contribution in [2.75, 3.05) is 5.73 Å². The normalized spacial score (nSPS) is 13.5. The van der Waals surface area contributed by atoms with E-state index in [-0.39, 0.29) is 16.8 Å². The lowest BCUT2D eigenvalue weighted by Crippen LogP contribution is -2.36. The molecule has 0 radical (unpaired) electrons. The molecule has 1 heterocycles. The molecule has 0 unspecified atom stereocenters. The molecule has 0 fully saturated rings. The molecule has 3 rings (SSSR count). The van der Waals surface area contributed by atoms with E-state index in [4.69, 9.17) is 5.73 Å². The molecular weight excluding hydrogens is 268 g/mol. The summed E-state index contributed by atoms with van der Waals surface area (Å²) >= 11 is 0. The van der Waals surface area contributed by atoms with Gasteiger partial charge >= 0.3 is 0 Å². The molecule has 0 aliphatic carbocycles. The molecule has 0 aromatic heterocycles. The Morgan fingerprint density at radius 2 is 1.76 bits per heavy atom. The summed E-state index contributed by atoms with van der Waals surface area (Å²) in [5.41, 5.74) is 7.37. The highest BCUT2D eigenvalue weighted by Crippen LogP contribution is 2.28. The number of fused-ring (bicyclic) bond motifs is 1. The second-order valence-corrected chi connectivity index (χ2v) is 4.89. The molecule has 0 saturated heterocycles. The number of nitrogens with two attached hydrogens (primary N) is 1. The lowest BCUT2D eigenvalue weighted by Gasteiger charge is -2.12. The van der Waals surface area contributed by atoms with Crippen molar-refractivity contribution < 1.29 is 14.4 Å². The van der Waals surface area contributed by atoms with E-state index in [2.05, 4.69) is 0 Å². The number of anilines is 1. The van der Waals surface area contributed by atoms with Crippen LogP contribution in [0.1, 0.15) is 36.6 Å². The first-order valence-electron chi connectivity index (χ1n) is 6.39. The zero-order valence-corrected chi connectivity index (χ0v) is 11.3. The largest absolute Gasteiger partial charge is 0.398 e. The number of amides is 3. The molecule has 0 bridgehead atoms. The van der Waals surface area contributed by atoms with Crippen LogP contribution in [0.3, 0.4) is 0 Å². The van der Waals surface area contributed by atoms with Crippen LogP contribution in [0.5, 0.6) is 0 Å². The van der Waals surface area contributed by atoms with Crippen molar-refractivity contribution in [3.05, 3.63) is 64.7 Å². The van der Waals surface area contributed by atoms with Crippen molar-refractivity contribution in [1.29, 1.82) is 0 Å². The molecule has 3 amide bonds. The zero-order valence-electron chi connectivity index (χ0n) is 11.3. The number of benzene rings is 2. The first-order chi connectivity index (χ1) is 10.0. The summed E-state index contributed by atoms with van der Waals surface area (Å²) in [7, 11) is 0. The van der Waals surface area contributed by atoms with Crippen molar-refractivity contribution in [2.45, 2.75) is 6.92 Å². The van der Waals surface area contributed by atoms with E-state index in [0.717, 1.165) is 5.56 Å². The Balaban J connectivity index is 2.06. The van der Waals surface area contributed by atoms with Crippen molar-refractivity contribution >= 4 is 23.4 Å². The quantitative estimate of drug-likeness (QED) is 0.640. The second-order valence-electron chi connectivity index (χ2n) is 4.89. The number of nitrogen functional groups attached to an aromatic ring is 1. The molecule has 2 aromatic rings. The highest BCUT2D eigenvalue weighted by Gasteiger charge is 2.41. The van der Waals surface area contributed by atoms with Gasteiger partial charge in [-0.15, -0.1) is 0 Å². The predicted octanol–water partition coefficient (Wildman–Crippen LogP) is 2.01. The van der Waals surface area contributed by atoms with Gasteiger partial charge in [0.15, 0.2) is 0 Å².